The molecule has 90 valence electrons. The topological polar surface area (TPSA) is 29.1 Å². The number of fused-ring (bicyclic) bond motifs is 1. The van der Waals surface area contributed by atoms with Crippen LogP contribution in [0.25, 0.3) is 0 Å². The van der Waals surface area contributed by atoms with E-state index >= 15 is 0 Å². The lowest BCUT2D eigenvalue weighted by Crippen LogP contribution is -2.38. The van der Waals surface area contributed by atoms with Crippen LogP contribution in [-0.2, 0) is 0 Å². The van der Waals surface area contributed by atoms with Gasteiger partial charge in [-0.15, -0.1) is 0 Å². The van der Waals surface area contributed by atoms with Crippen LogP contribution in [-0.4, -0.2) is 12.5 Å². The first kappa shape index (κ1) is 10.8. The molecule has 1 unspecified atom stereocenters. The highest BCUT2D eigenvalue weighted by Crippen LogP contribution is 2.40. The van der Waals surface area contributed by atoms with Crippen molar-refractivity contribution >= 4 is 5.91 Å². The predicted molar refractivity (Wildman–Crippen MR) is 63.4 cm³/mol. The fourth-order valence-electron chi connectivity index (χ4n) is 3.27. The summed E-state index contributed by atoms with van der Waals surface area (Å²) in [5, 5.41) is 2.89. The first-order chi connectivity index (χ1) is 8.27. The van der Waals surface area contributed by atoms with Gasteiger partial charge in [0.2, 0.25) is 0 Å². The van der Waals surface area contributed by atoms with Gasteiger partial charge >= 0.3 is 0 Å². The van der Waals surface area contributed by atoms with Gasteiger partial charge in [0.05, 0.1) is 0 Å². The molecule has 2 nitrogen and oxygen atoms in total. The molecule has 1 aromatic rings. The van der Waals surface area contributed by atoms with Crippen molar-refractivity contribution in [3.05, 3.63) is 35.1 Å². The second-order valence-corrected chi connectivity index (χ2v) is 5.06. The van der Waals surface area contributed by atoms with Crippen molar-refractivity contribution in [1.29, 1.82) is 0 Å². The first-order valence-electron chi connectivity index (χ1n) is 6.34. The summed E-state index contributed by atoms with van der Waals surface area (Å²) in [4.78, 5) is 11.7. The zero-order valence-electron chi connectivity index (χ0n) is 9.71. The Labute approximate surface area is 100 Å². The number of benzene rings is 1. The number of nitrogens with one attached hydrogen (secondary N) is 1. The molecule has 1 saturated carbocycles. The van der Waals surface area contributed by atoms with E-state index in [4.69, 9.17) is 0 Å². The molecule has 2 aliphatic rings. The lowest BCUT2D eigenvalue weighted by atomic mass is 9.80. The summed E-state index contributed by atoms with van der Waals surface area (Å²) in [7, 11) is 0. The number of carbonyl (C=O) groups excluding carboxylic acids is 1. The van der Waals surface area contributed by atoms with Crippen molar-refractivity contribution in [2.24, 2.45) is 5.92 Å². The van der Waals surface area contributed by atoms with E-state index in [1.165, 1.54) is 18.9 Å². The van der Waals surface area contributed by atoms with Crippen molar-refractivity contribution in [3.8, 4) is 0 Å². The van der Waals surface area contributed by atoms with Crippen molar-refractivity contribution in [2.75, 3.05) is 6.54 Å². The minimum Gasteiger partial charge on any atom is -0.351 e. The summed E-state index contributed by atoms with van der Waals surface area (Å²) in [6.07, 6.45) is 4.79. The smallest absolute Gasteiger partial charge is 0.251 e. The van der Waals surface area contributed by atoms with E-state index in [1.54, 1.807) is 12.1 Å². The third kappa shape index (κ3) is 1.74. The monoisotopic (exact) mass is 233 g/mol. The van der Waals surface area contributed by atoms with Gasteiger partial charge in [0.25, 0.3) is 5.91 Å². The SMILES string of the molecule is O=C1NCC(C2CCCC2)c2c(F)cccc21. The number of hydrogen-bond donors (Lipinski definition) is 1. The number of carbonyl (C=O) groups is 1. The molecule has 17 heavy (non-hydrogen) atoms. The van der Waals surface area contributed by atoms with Crippen LogP contribution in [0.1, 0.15) is 47.5 Å². The van der Waals surface area contributed by atoms with Crippen LogP contribution in [0.5, 0.6) is 0 Å². The van der Waals surface area contributed by atoms with Crippen LogP contribution in [0.3, 0.4) is 0 Å². The number of halogens is 1. The maximum Gasteiger partial charge on any atom is 0.251 e. The molecule has 1 amide bonds. The minimum atomic E-state index is -0.214. The van der Waals surface area contributed by atoms with Gasteiger partial charge in [0.1, 0.15) is 5.82 Å². The van der Waals surface area contributed by atoms with Crippen molar-refractivity contribution in [1.82, 2.24) is 5.32 Å². The summed E-state index contributed by atoms with van der Waals surface area (Å²) >= 11 is 0. The van der Waals surface area contributed by atoms with Gasteiger partial charge < -0.3 is 5.32 Å². The molecule has 1 aromatic carbocycles. The normalized spacial score (nSPS) is 24.5. The molecule has 1 fully saturated rings. The van der Waals surface area contributed by atoms with Gasteiger partial charge in [-0.3, -0.25) is 4.79 Å². The molecular weight excluding hydrogens is 217 g/mol. The zero-order chi connectivity index (χ0) is 11.8. The van der Waals surface area contributed by atoms with E-state index in [0.717, 1.165) is 12.8 Å². The third-order valence-corrected chi connectivity index (χ3v) is 4.12. The maximum absolute atomic E-state index is 14.0. The summed E-state index contributed by atoms with van der Waals surface area (Å²) in [6.45, 7) is 0.595. The van der Waals surface area contributed by atoms with Gasteiger partial charge in [0, 0.05) is 23.6 Å². The molecule has 1 N–H and O–H groups in total. The molecule has 1 atom stereocenters. The Morgan fingerprint density at radius 1 is 1.24 bits per heavy atom. The van der Waals surface area contributed by atoms with Crippen LogP contribution in [0.15, 0.2) is 18.2 Å². The Hall–Kier alpha value is -1.38. The second kappa shape index (κ2) is 4.13. The quantitative estimate of drug-likeness (QED) is 0.794. The van der Waals surface area contributed by atoms with Gasteiger partial charge in [0.15, 0.2) is 0 Å². The summed E-state index contributed by atoms with van der Waals surface area (Å²) < 4.78 is 14.0. The average Bonchev–Trinajstić information content (AvgIpc) is 2.84. The molecule has 0 spiro atoms. The molecule has 0 aromatic heterocycles. The van der Waals surface area contributed by atoms with Gasteiger partial charge in [-0.05, 0) is 30.9 Å². The molecule has 1 aliphatic carbocycles. The Morgan fingerprint density at radius 3 is 2.76 bits per heavy atom. The molecule has 3 rings (SSSR count). The van der Waals surface area contributed by atoms with Crippen LogP contribution in [0.4, 0.5) is 4.39 Å². The third-order valence-electron chi connectivity index (χ3n) is 4.12. The number of rotatable bonds is 1. The first-order valence-corrected chi connectivity index (χ1v) is 6.34. The lowest BCUT2D eigenvalue weighted by Gasteiger charge is -2.30. The Morgan fingerprint density at radius 2 is 2.00 bits per heavy atom. The molecule has 1 aliphatic heterocycles. The predicted octanol–water partition coefficient (Wildman–Crippen LogP) is 2.84. The van der Waals surface area contributed by atoms with Crippen LogP contribution < -0.4 is 5.32 Å². The van der Waals surface area contributed by atoms with E-state index in [1.807, 2.05) is 0 Å². The molecular formula is C14H16FNO. The van der Waals surface area contributed by atoms with E-state index in [9.17, 15) is 9.18 Å². The van der Waals surface area contributed by atoms with Gasteiger partial charge in [-0.25, -0.2) is 4.39 Å². The van der Waals surface area contributed by atoms with E-state index in [-0.39, 0.29) is 17.6 Å². The molecule has 0 radical (unpaired) electrons. The maximum atomic E-state index is 14.0. The highest BCUT2D eigenvalue weighted by Gasteiger charge is 2.34. The van der Waals surface area contributed by atoms with Gasteiger partial charge in [-0.1, -0.05) is 18.9 Å². The minimum absolute atomic E-state index is 0.131. The Balaban J connectivity index is 2.04. The summed E-state index contributed by atoms with van der Waals surface area (Å²) in [6, 6.07) is 4.82. The number of hydrogen-bond acceptors (Lipinski definition) is 1. The molecule has 1 heterocycles. The Bertz CT molecular complexity index is 452. The summed E-state index contributed by atoms with van der Waals surface area (Å²) in [5.41, 5.74) is 1.19. The van der Waals surface area contributed by atoms with E-state index < -0.39 is 0 Å². The van der Waals surface area contributed by atoms with Crippen LogP contribution in [0.2, 0.25) is 0 Å². The highest BCUT2D eigenvalue weighted by molar-refractivity contribution is 5.97. The van der Waals surface area contributed by atoms with Crippen molar-refractivity contribution in [2.45, 2.75) is 31.6 Å². The lowest BCUT2D eigenvalue weighted by molar-refractivity contribution is 0.0933. The summed E-state index contributed by atoms with van der Waals surface area (Å²) in [5.74, 6) is 0.362. The number of amides is 1. The van der Waals surface area contributed by atoms with Crippen molar-refractivity contribution in [3.63, 3.8) is 0 Å². The van der Waals surface area contributed by atoms with Crippen molar-refractivity contribution < 1.29 is 9.18 Å². The second-order valence-electron chi connectivity index (χ2n) is 5.06. The van der Waals surface area contributed by atoms with Crippen LogP contribution in [0, 0.1) is 11.7 Å². The Kier molecular flexibility index (Phi) is 2.61. The van der Waals surface area contributed by atoms with Crippen LogP contribution >= 0.6 is 0 Å². The van der Waals surface area contributed by atoms with Gasteiger partial charge in [-0.2, -0.15) is 0 Å². The highest BCUT2D eigenvalue weighted by atomic mass is 19.1. The zero-order valence-corrected chi connectivity index (χ0v) is 9.71. The van der Waals surface area contributed by atoms with E-state index in [2.05, 4.69) is 5.32 Å². The molecule has 0 bridgehead atoms. The average molecular weight is 233 g/mol. The largest absolute Gasteiger partial charge is 0.351 e. The fourth-order valence-corrected chi connectivity index (χ4v) is 3.27. The fraction of sp³-hybridized carbons (Fsp3) is 0.500. The molecule has 0 saturated heterocycles. The molecule has 3 heteroatoms. The standard InChI is InChI=1S/C14H16FNO/c15-12-7-3-6-10-13(12)11(8-16-14(10)17)9-4-1-2-5-9/h3,6-7,9,11H,1-2,4-5,8H2,(H,16,17). The van der Waals surface area contributed by atoms with E-state index in [0.29, 0.717) is 23.6 Å².